The van der Waals surface area contributed by atoms with Crippen LogP contribution in [0, 0.1) is 5.82 Å². The van der Waals surface area contributed by atoms with E-state index in [1.165, 1.54) is 12.1 Å². The summed E-state index contributed by atoms with van der Waals surface area (Å²) in [5.41, 5.74) is 1.05. The number of benzene rings is 2. The van der Waals surface area contributed by atoms with Gasteiger partial charge in [0.2, 0.25) is 0 Å². The Balaban J connectivity index is 1.97. The molecular weight excluding hydrogens is 327 g/mol. The van der Waals surface area contributed by atoms with E-state index in [0.29, 0.717) is 16.9 Å². The molecule has 0 aromatic heterocycles. The number of rotatable bonds is 1. The molecule has 1 atom stereocenters. The first-order chi connectivity index (χ1) is 9.54. The van der Waals surface area contributed by atoms with E-state index in [4.69, 9.17) is 4.74 Å². The van der Waals surface area contributed by atoms with Crippen LogP contribution >= 0.6 is 15.9 Å². The lowest BCUT2D eigenvalue weighted by Crippen LogP contribution is -2.20. The van der Waals surface area contributed by atoms with Gasteiger partial charge in [-0.3, -0.25) is 4.79 Å². The number of hydrogen-bond donors (Lipinski definition) is 1. The quantitative estimate of drug-likeness (QED) is 0.856. The van der Waals surface area contributed by atoms with Crippen molar-refractivity contribution in [3.05, 3.63) is 57.8 Å². The molecule has 1 aliphatic heterocycles. The third-order valence-corrected chi connectivity index (χ3v) is 3.72. The van der Waals surface area contributed by atoms with Gasteiger partial charge < -0.3 is 9.84 Å². The molecule has 2 aromatic rings. The number of hydrogen-bond acceptors (Lipinski definition) is 3. The molecule has 2 aromatic carbocycles. The first kappa shape index (κ1) is 13.1. The van der Waals surface area contributed by atoms with Crippen molar-refractivity contribution >= 4 is 21.7 Å². The highest BCUT2D eigenvalue weighted by atomic mass is 79.9. The fraction of sp³-hybridized carbons (Fsp3) is 0.133. The minimum absolute atomic E-state index is 0.0500. The summed E-state index contributed by atoms with van der Waals surface area (Å²) in [6.07, 6.45) is -0.389. The van der Waals surface area contributed by atoms with Crippen LogP contribution in [-0.2, 0) is 0 Å². The van der Waals surface area contributed by atoms with E-state index < -0.39 is 17.7 Å². The van der Waals surface area contributed by atoms with Crippen molar-refractivity contribution in [2.75, 3.05) is 0 Å². The van der Waals surface area contributed by atoms with Crippen LogP contribution < -0.4 is 4.74 Å². The van der Waals surface area contributed by atoms with Crippen molar-refractivity contribution in [2.24, 2.45) is 0 Å². The molecule has 0 aliphatic carbocycles. The van der Waals surface area contributed by atoms with Crippen LogP contribution in [0.2, 0.25) is 0 Å². The van der Waals surface area contributed by atoms with E-state index >= 15 is 0 Å². The molecule has 0 saturated heterocycles. The smallest absolute Gasteiger partial charge is 0.170 e. The topological polar surface area (TPSA) is 46.5 Å². The first-order valence-electron chi connectivity index (χ1n) is 6.02. The second-order valence-electron chi connectivity index (χ2n) is 4.59. The zero-order chi connectivity index (χ0) is 14.3. The standard InChI is InChI=1S/C15H10BrFO3/c16-9-2-4-14-10(6-9)13(19)7-15(20-14)8-1-3-12(18)11(17)5-8/h1-6,15,18H,7H2. The van der Waals surface area contributed by atoms with Gasteiger partial charge in [-0.05, 0) is 35.9 Å². The van der Waals surface area contributed by atoms with Gasteiger partial charge in [-0.25, -0.2) is 4.39 Å². The van der Waals surface area contributed by atoms with Crippen molar-refractivity contribution in [3.8, 4) is 11.5 Å². The van der Waals surface area contributed by atoms with Crippen LogP contribution in [0.4, 0.5) is 4.39 Å². The van der Waals surface area contributed by atoms with Gasteiger partial charge in [0.05, 0.1) is 12.0 Å². The molecule has 3 nitrogen and oxygen atoms in total. The molecule has 0 spiro atoms. The summed E-state index contributed by atoms with van der Waals surface area (Å²) in [6.45, 7) is 0. The Hall–Kier alpha value is -1.88. The minimum atomic E-state index is -0.722. The molecule has 0 radical (unpaired) electrons. The Bertz CT molecular complexity index is 700. The number of aromatic hydroxyl groups is 1. The van der Waals surface area contributed by atoms with Crippen LogP contribution in [0.25, 0.3) is 0 Å². The van der Waals surface area contributed by atoms with Crippen LogP contribution in [0.1, 0.15) is 28.4 Å². The van der Waals surface area contributed by atoms with Gasteiger partial charge in [0, 0.05) is 4.47 Å². The highest BCUT2D eigenvalue weighted by molar-refractivity contribution is 9.10. The number of ether oxygens (including phenoxy) is 1. The summed E-state index contributed by atoms with van der Waals surface area (Å²) in [5, 5.41) is 9.19. The highest BCUT2D eigenvalue weighted by Gasteiger charge is 2.28. The molecule has 0 bridgehead atoms. The van der Waals surface area contributed by atoms with Crippen molar-refractivity contribution < 1.29 is 19.0 Å². The second-order valence-corrected chi connectivity index (χ2v) is 5.50. The number of phenolic OH excluding ortho intramolecular Hbond substituents is 1. The van der Waals surface area contributed by atoms with Gasteiger partial charge in [0.25, 0.3) is 0 Å². The molecular formula is C15H10BrFO3. The summed E-state index contributed by atoms with van der Waals surface area (Å²) in [5.74, 6) is -0.700. The van der Waals surface area contributed by atoms with Crippen molar-refractivity contribution in [1.82, 2.24) is 0 Å². The summed E-state index contributed by atoms with van der Waals surface area (Å²) in [6, 6.07) is 9.21. The molecule has 20 heavy (non-hydrogen) atoms. The number of carbonyl (C=O) groups excluding carboxylic acids is 1. The number of carbonyl (C=O) groups is 1. The van der Waals surface area contributed by atoms with E-state index in [-0.39, 0.29) is 12.2 Å². The Kier molecular flexibility index (Phi) is 3.22. The number of halogens is 2. The molecule has 0 fully saturated rings. The average molecular weight is 337 g/mol. The van der Waals surface area contributed by atoms with Gasteiger partial charge in [-0.1, -0.05) is 22.0 Å². The molecule has 1 aliphatic rings. The average Bonchev–Trinajstić information content (AvgIpc) is 2.42. The number of ketones is 1. The zero-order valence-electron chi connectivity index (χ0n) is 10.3. The summed E-state index contributed by atoms with van der Waals surface area (Å²) < 4.78 is 19.9. The number of fused-ring (bicyclic) bond motifs is 1. The Morgan fingerprint density at radius 2 is 2.05 bits per heavy atom. The summed E-state index contributed by atoms with van der Waals surface area (Å²) in [4.78, 5) is 12.1. The fourth-order valence-corrected chi connectivity index (χ4v) is 2.57. The van der Waals surface area contributed by atoms with Crippen molar-refractivity contribution in [2.45, 2.75) is 12.5 Å². The van der Waals surface area contributed by atoms with Crippen molar-refractivity contribution in [3.63, 3.8) is 0 Å². The van der Waals surface area contributed by atoms with Gasteiger partial charge in [-0.2, -0.15) is 0 Å². The van der Waals surface area contributed by atoms with E-state index in [1.807, 2.05) is 0 Å². The van der Waals surface area contributed by atoms with Crippen LogP contribution in [0.5, 0.6) is 11.5 Å². The van der Waals surface area contributed by atoms with Crippen LogP contribution in [0.3, 0.4) is 0 Å². The lowest BCUT2D eigenvalue weighted by molar-refractivity contribution is 0.0849. The predicted octanol–water partition coefficient (Wildman–Crippen LogP) is 4.00. The Morgan fingerprint density at radius 3 is 2.80 bits per heavy atom. The SMILES string of the molecule is O=C1CC(c2ccc(O)c(F)c2)Oc2ccc(Br)cc21. The second kappa shape index (κ2) is 4.90. The maximum atomic E-state index is 13.4. The lowest BCUT2D eigenvalue weighted by Gasteiger charge is -2.25. The van der Waals surface area contributed by atoms with E-state index in [9.17, 15) is 14.3 Å². The molecule has 102 valence electrons. The van der Waals surface area contributed by atoms with Crippen LogP contribution in [0.15, 0.2) is 40.9 Å². The summed E-state index contributed by atoms with van der Waals surface area (Å²) >= 11 is 3.31. The van der Waals surface area contributed by atoms with Crippen LogP contribution in [-0.4, -0.2) is 10.9 Å². The minimum Gasteiger partial charge on any atom is -0.505 e. The lowest BCUT2D eigenvalue weighted by atomic mass is 9.96. The summed E-state index contributed by atoms with van der Waals surface area (Å²) in [7, 11) is 0. The van der Waals surface area contributed by atoms with Gasteiger partial charge in [0.15, 0.2) is 17.3 Å². The third-order valence-electron chi connectivity index (χ3n) is 3.23. The normalized spacial score (nSPS) is 17.5. The molecule has 1 N–H and O–H groups in total. The van der Waals surface area contributed by atoms with Gasteiger partial charge in [0.1, 0.15) is 11.9 Å². The van der Waals surface area contributed by atoms with E-state index in [0.717, 1.165) is 4.47 Å². The Labute approximate surface area is 123 Å². The van der Waals surface area contributed by atoms with Gasteiger partial charge >= 0.3 is 0 Å². The van der Waals surface area contributed by atoms with E-state index in [1.54, 1.807) is 24.3 Å². The highest BCUT2D eigenvalue weighted by Crippen LogP contribution is 2.36. The number of Topliss-reactive ketones (excluding diaryl/α,β-unsaturated/α-hetero) is 1. The number of phenols is 1. The Morgan fingerprint density at radius 1 is 1.25 bits per heavy atom. The van der Waals surface area contributed by atoms with Crippen molar-refractivity contribution in [1.29, 1.82) is 0 Å². The largest absolute Gasteiger partial charge is 0.505 e. The monoisotopic (exact) mass is 336 g/mol. The molecule has 1 unspecified atom stereocenters. The van der Waals surface area contributed by atoms with E-state index in [2.05, 4.69) is 15.9 Å². The fourth-order valence-electron chi connectivity index (χ4n) is 2.21. The first-order valence-corrected chi connectivity index (χ1v) is 6.82. The maximum absolute atomic E-state index is 13.4. The zero-order valence-corrected chi connectivity index (χ0v) is 11.9. The maximum Gasteiger partial charge on any atom is 0.170 e. The molecule has 5 heteroatoms. The molecule has 0 amide bonds. The molecule has 0 saturated carbocycles. The van der Waals surface area contributed by atoms with Gasteiger partial charge in [-0.15, -0.1) is 0 Å². The molecule has 3 rings (SSSR count). The predicted molar refractivity (Wildman–Crippen MR) is 74.5 cm³/mol. The molecule has 1 heterocycles. The third kappa shape index (κ3) is 2.29.